The molecule has 0 amide bonds. The Kier molecular flexibility index (Phi) is 4.18. The van der Waals surface area contributed by atoms with Crippen molar-refractivity contribution in [2.45, 2.75) is 65.7 Å². The smallest absolute Gasteiger partial charge is 0.0431 e. The lowest BCUT2D eigenvalue weighted by molar-refractivity contribution is 0.0338. The van der Waals surface area contributed by atoms with E-state index in [0.717, 1.165) is 30.1 Å². The quantitative estimate of drug-likeness (QED) is 0.776. The van der Waals surface area contributed by atoms with Gasteiger partial charge in [-0.1, -0.05) is 33.6 Å². The van der Waals surface area contributed by atoms with Gasteiger partial charge < -0.3 is 5.11 Å². The molecule has 0 aromatic carbocycles. The average Bonchev–Trinajstić information content (AvgIpc) is 2.64. The minimum Gasteiger partial charge on any atom is -0.396 e. The number of rotatable bonds is 4. The maximum atomic E-state index is 9.00. The number of aliphatic hydroxyl groups excluding tert-OH is 1. The van der Waals surface area contributed by atoms with Crippen LogP contribution in [0.5, 0.6) is 0 Å². The molecule has 1 heteroatoms. The first-order chi connectivity index (χ1) is 8.09. The van der Waals surface area contributed by atoms with E-state index in [2.05, 4.69) is 20.8 Å². The number of fused-ring (bicyclic) bond motifs is 1. The summed E-state index contributed by atoms with van der Waals surface area (Å²) >= 11 is 0. The third kappa shape index (κ3) is 2.41. The molecule has 0 bridgehead atoms. The molecular formula is C16H30O. The van der Waals surface area contributed by atoms with E-state index in [-0.39, 0.29) is 0 Å². The fourth-order valence-corrected chi connectivity index (χ4v) is 5.15. The van der Waals surface area contributed by atoms with Gasteiger partial charge in [-0.25, -0.2) is 0 Å². The van der Waals surface area contributed by atoms with Crippen LogP contribution in [0.2, 0.25) is 0 Å². The second-order valence-corrected chi connectivity index (χ2v) is 7.01. The minimum absolute atomic E-state index is 0.369. The highest BCUT2D eigenvalue weighted by molar-refractivity contribution is 5.00. The normalized spacial score (nSPS) is 43.4. The summed E-state index contributed by atoms with van der Waals surface area (Å²) in [5.41, 5.74) is 0.618. The molecule has 5 atom stereocenters. The molecule has 2 saturated carbocycles. The van der Waals surface area contributed by atoms with Gasteiger partial charge in [0.1, 0.15) is 0 Å². The summed E-state index contributed by atoms with van der Waals surface area (Å²) in [6, 6.07) is 0. The van der Waals surface area contributed by atoms with E-state index in [1.54, 1.807) is 0 Å². The van der Waals surface area contributed by atoms with Crippen molar-refractivity contribution in [3.63, 3.8) is 0 Å². The highest BCUT2D eigenvalue weighted by atomic mass is 16.2. The minimum atomic E-state index is 0.369. The zero-order chi connectivity index (χ0) is 12.5. The van der Waals surface area contributed by atoms with E-state index in [1.165, 1.54) is 38.5 Å². The first-order valence-electron chi connectivity index (χ1n) is 7.70. The van der Waals surface area contributed by atoms with Crippen LogP contribution in [0.25, 0.3) is 0 Å². The molecule has 0 radical (unpaired) electrons. The molecule has 0 spiro atoms. The SMILES string of the molecule is C[C@H](CCCO)[C@H]1CC[C@H]2[C@@H](C)CCC[C@]12C. The molecule has 2 rings (SSSR count). The molecule has 100 valence electrons. The van der Waals surface area contributed by atoms with Gasteiger partial charge in [-0.3, -0.25) is 0 Å². The molecule has 1 N–H and O–H groups in total. The van der Waals surface area contributed by atoms with E-state index < -0.39 is 0 Å². The van der Waals surface area contributed by atoms with Crippen LogP contribution in [-0.2, 0) is 0 Å². The Hall–Kier alpha value is -0.0400. The maximum Gasteiger partial charge on any atom is 0.0431 e. The Morgan fingerprint density at radius 2 is 2.06 bits per heavy atom. The van der Waals surface area contributed by atoms with E-state index in [0.29, 0.717) is 12.0 Å². The van der Waals surface area contributed by atoms with Crippen LogP contribution in [0.1, 0.15) is 65.7 Å². The highest BCUT2D eigenvalue weighted by Gasteiger charge is 2.50. The van der Waals surface area contributed by atoms with Gasteiger partial charge in [0, 0.05) is 6.61 Å². The predicted molar refractivity (Wildman–Crippen MR) is 72.8 cm³/mol. The van der Waals surface area contributed by atoms with Gasteiger partial charge in [0.15, 0.2) is 0 Å². The summed E-state index contributed by atoms with van der Waals surface area (Å²) in [5, 5.41) is 9.00. The summed E-state index contributed by atoms with van der Waals surface area (Å²) in [4.78, 5) is 0. The molecule has 0 saturated heterocycles. The van der Waals surface area contributed by atoms with Gasteiger partial charge in [0.2, 0.25) is 0 Å². The van der Waals surface area contributed by atoms with Crippen molar-refractivity contribution in [2.24, 2.45) is 29.1 Å². The molecule has 2 fully saturated rings. The van der Waals surface area contributed by atoms with Crippen LogP contribution in [0.4, 0.5) is 0 Å². The van der Waals surface area contributed by atoms with E-state index in [1.807, 2.05) is 0 Å². The van der Waals surface area contributed by atoms with Crippen LogP contribution >= 0.6 is 0 Å². The Labute approximate surface area is 107 Å². The van der Waals surface area contributed by atoms with Gasteiger partial charge in [-0.05, 0) is 61.2 Å². The van der Waals surface area contributed by atoms with Crippen molar-refractivity contribution in [3.05, 3.63) is 0 Å². The van der Waals surface area contributed by atoms with Gasteiger partial charge in [0.25, 0.3) is 0 Å². The summed E-state index contributed by atoms with van der Waals surface area (Å²) in [7, 11) is 0. The van der Waals surface area contributed by atoms with Crippen LogP contribution in [0.3, 0.4) is 0 Å². The predicted octanol–water partition coefficient (Wildman–Crippen LogP) is 4.25. The lowest BCUT2D eigenvalue weighted by atomic mass is 9.59. The largest absolute Gasteiger partial charge is 0.396 e. The van der Waals surface area contributed by atoms with Gasteiger partial charge in [0.05, 0.1) is 0 Å². The topological polar surface area (TPSA) is 20.2 Å². The number of hydrogen-bond acceptors (Lipinski definition) is 1. The molecule has 0 aliphatic heterocycles. The van der Waals surface area contributed by atoms with Gasteiger partial charge in [-0.2, -0.15) is 0 Å². The average molecular weight is 238 g/mol. The molecular weight excluding hydrogens is 208 g/mol. The summed E-state index contributed by atoms with van der Waals surface area (Å²) in [5.74, 6) is 3.66. The first kappa shape index (κ1) is 13.4. The summed E-state index contributed by atoms with van der Waals surface area (Å²) < 4.78 is 0. The zero-order valence-electron chi connectivity index (χ0n) is 11.9. The number of aliphatic hydroxyl groups is 1. The second-order valence-electron chi connectivity index (χ2n) is 7.01. The lowest BCUT2D eigenvalue weighted by Gasteiger charge is -2.46. The van der Waals surface area contributed by atoms with Crippen molar-refractivity contribution in [1.29, 1.82) is 0 Å². The molecule has 1 nitrogen and oxygen atoms in total. The Bertz CT molecular complexity index is 250. The van der Waals surface area contributed by atoms with Crippen LogP contribution < -0.4 is 0 Å². The molecule has 2 aliphatic rings. The molecule has 0 heterocycles. The van der Waals surface area contributed by atoms with Crippen LogP contribution in [-0.4, -0.2) is 11.7 Å². The summed E-state index contributed by atoms with van der Waals surface area (Å²) in [6.45, 7) is 7.84. The molecule has 0 aromatic rings. The first-order valence-corrected chi connectivity index (χ1v) is 7.70. The Morgan fingerprint density at radius 1 is 1.29 bits per heavy atom. The highest BCUT2D eigenvalue weighted by Crippen LogP contribution is 2.59. The van der Waals surface area contributed by atoms with E-state index in [9.17, 15) is 0 Å². The lowest BCUT2D eigenvalue weighted by Crippen LogP contribution is -2.38. The van der Waals surface area contributed by atoms with Crippen molar-refractivity contribution in [3.8, 4) is 0 Å². The summed E-state index contributed by atoms with van der Waals surface area (Å²) in [6.07, 6.45) is 9.47. The van der Waals surface area contributed by atoms with Crippen molar-refractivity contribution >= 4 is 0 Å². The Balaban J connectivity index is 2.04. The van der Waals surface area contributed by atoms with Gasteiger partial charge >= 0.3 is 0 Å². The zero-order valence-corrected chi connectivity index (χ0v) is 11.9. The number of hydrogen-bond donors (Lipinski definition) is 1. The van der Waals surface area contributed by atoms with Crippen molar-refractivity contribution in [2.75, 3.05) is 6.61 Å². The van der Waals surface area contributed by atoms with E-state index >= 15 is 0 Å². The molecule has 0 aromatic heterocycles. The third-order valence-corrected chi connectivity index (χ3v) is 6.05. The fourth-order valence-electron chi connectivity index (χ4n) is 5.15. The molecule has 0 unspecified atom stereocenters. The third-order valence-electron chi connectivity index (χ3n) is 6.05. The van der Waals surface area contributed by atoms with E-state index in [4.69, 9.17) is 5.11 Å². The molecule has 17 heavy (non-hydrogen) atoms. The second kappa shape index (κ2) is 5.30. The van der Waals surface area contributed by atoms with Crippen molar-refractivity contribution < 1.29 is 5.11 Å². The van der Waals surface area contributed by atoms with Crippen LogP contribution in [0, 0.1) is 29.1 Å². The van der Waals surface area contributed by atoms with Crippen LogP contribution in [0.15, 0.2) is 0 Å². The fraction of sp³-hybridized carbons (Fsp3) is 1.00. The Morgan fingerprint density at radius 3 is 2.76 bits per heavy atom. The van der Waals surface area contributed by atoms with Gasteiger partial charge in [-0.15, -0.1) is 0 Å². The molecule has 2 aliphatic carbocycles. The van der Waals surface area contributed by atoms with Crippen molar-refractivity contribution in [1.82, 2.24) is 0 Å². The monoisotopic (exact) mass is 238 g/mol. The maximum absolute atomic E-state index is 9.00. The standard InChI is InChI=1S/C16H30O/c1-12-6-4-10-16(3)14(12)8-9-15(16)13(2)7-5-11-17/h12-15,17H,4-11H2,1-3H3/t12-,13+,14-,15+,16-/m0/s1.